The van der Waals surface area contributed by atoms with Crippen molar-refractivity contribution in [2.75, 3.05) is 0 Å². The summed E-state index contributed by atoms with van der Waals surface area (Å²) < 4.78 is 0. The Kier molecular flexibility index (Phi) is 5.16. The highest BCUT2D eigenvalue weighted by atomic mass is 16.4. The summed E-state index contributed by atoms with van der Waals surface area (Å²) in [5.41, 5.74) is 5.49. The highest BCUT2D eigenvalue weighted by Gasteiger charge is 2.34. The van der Waals surface area contributed by atoms with Crippen molar-refractivity contribution in [3.63, 3.8) is 0 Å². The van der Waals surface area contributed by atoms with Gasteiger partial charge in [0.15, 0.2) is 0 Å². The summed E-state index contributed by atoms with van der Waals surface area (Å²) in [6, 6.07) is 9.09. The second kappa shape index (κ2) is 6.40. The lowest BCUT2D eigenvalue weighted by molar-refractivity contribution is -0.144. The van der Waals surface area contributed by atoms with Gasteiger partial charge >= 0.3 is 5.97 Å². The van der Waals surface area contributed by atoms with Gasteiger partial charge in [0.05, 0.1) is 0 Å². The molecule has 3 nitrogen and oxygen atoms in total. The molecule has 0 heterocycles. The number of aliphatic carboxylic acids is 1. The molecule has 0 fully saturated rings. The van der Waals surface area contributed by atoms with Gasteiger partial charge in [-0.15, -0.1) is 0 Å². The van der Waals surface area contributed by atoms with Gasteiger partial charge in [0.25, 0.3) is 0 Å². The van der Waals surface area contributed by atoms with Crippen LogP contribution in [0.3, 0.4) is 0 Å². The fourth-order valence-corrected chi connectivity index (χ4v) is 1.94. The predicted octanol–water partition coefficient (Wildman–Crippen LogP) is 2.90. The molecule has 1 unspecified atom stereocenters. The van der Waals surface area contributed by atoms with Crippen molar-refractivity contribution in [1.29, 1.82) is 0 Å². The summed E-state index contributed by atoms with van der Waals surface area (Å²) in [6.45, 7) is 2.13. The largest absolute Gasteiger partial charge is 0.480 e. The number of carboxylic acids is 1. The van der Waals surface area contributed by atoms with Gasteiger partial charge in [-0.1, -0.05) is 62.9 Å². The van der Waals surface area contributed by atoms with E-state index in [2.05, 4.69) is 6.92 Å². The Bertz CT molecular complexity index is 350. The maximum Gasteiger partial charge on any atom is 0.328 e. The molecule has 0 saturated carbocycles. The quantitative estimate of drug-likeness (QED) is 0.714. The van der Waals surface area contributed by atoms with Gasteiger partial charge in [0, 0.05) is 0 Å². The fourth-order valence-electron chi connectivity index (χ4n) is 1.94. The van der Waals surface area contributed by atoms with E-state index in [-0.39, 0.29) is 0 Å². The van der Waals surface area contributed by atoms with Crippen molar-refractivity contribution in [3.8, 4) is 0 Å². The normalized spacial score (nSPS) is 14.2. The Morgan fingerprint density at radius 3 is 2.41 bits per heavy atom. The Morgan fingerprint density at radius 1 is 1.24 bits per heavy atom. The minimum atomic E-state index is -1.24. The molecule has 1 aromatic carbocycles. The molecule has 0 aliphatic carbocycles. The lowest BCUT2D eigenvalue weighted by Gasteiger charge is -2.25. The summed E-state index contributed by atoms with van der Waals surface area (Å²) in [4.78, 5) is 11.4. The second-order valence-corrected chi connectivity index (χ2v) is 4.45. The number of rotatable bonds is 7. The minimum absolute atomic E-state index is 0.492. The Morgan fingerprint density at radius 2 is 1.88 bits per heavy atom. The summed E-state index contributed by atoms with van der Waals surface area (Å²) in [5.74, 6) is -0.944. The summed E-state index contributed by atoms with van der Waals surface area (Å²) in [7, 11) is 0. The molecule has 1 aromatic rings. The lowest BCUT2D eigenvalue weighted by atomic mass is 9.86. The van der Waals surface area contributed by atoms with Gasteiger partial charge < -0.3 is 10.8 Å². The molecule has 0 aliphatic heterocycles. The van der Waals surface area contributed by atoms with Gasteiger partial charge in [-0.2, -0.15) is 0 Å². The third-order valence-electron chi connectivity index (χ3n) is 3.10. The Hall–Kier alpha value is -1.35. The van der Waals surface area contributed by atoms with E-state index >= 15 is 0 Å². The van der Waals surface area contributed by atoms with Gasteiger partial charge in [-0.3, -0.25) is 0 Å². The molecule has 0 aromatic heterocycles. The van der Waals surface area contributed by atoms with Crippen LogP contribution in [-0.4, -0.2) is 11.1 Å². The maximum absolute atomic E-state index is 11.4. The molecule has 0 aliphatic rings. The predicted molar refractivity (Wildman–Crippen MR) is 68.7 cm³/mol. The molecule has 0 spiro atoms. The topological polar surface area (TPSA) is 63.3 Å². The molecule has 3 N–H and O–H groups in total. The van der Waals surface area contributed by atoms with Crippen molar-refractivity contribution in [1.82, 2.24) is 0 Å². The number of carboxylic acid groups (broad SMARTS) is 1. The van der Waals surface area contributed by atoms with Crippen LogP contribution in [-0.2, 0) is 10.3 Å². The third-order valence-corrected chi connectivity index (χ3v) is 3.10. The van der Waals surface area contributed by atoms with Crippen molar-refractivity contribution in [2.24, 2.45) is 5.73 Å². The SMILES string of the molecule is CCCCCCC(N)(C(=O)O)c1ccccc1. The molecule has 1 rings (SSSR count). The van der Waals surface area contributed by atoms with Crippen LogP contribution in [0.4, 0.5) is 0 Å². The Labute approximate surface area is 103 Å². The van der Waals surface area contributed by atoms with Crippen LogP contribution >= 0.6 is 0 Å². The molecule has 17 heavy (non-hydrogen) atoms. The molecular formula is C14H21NO2. The molecule has 0 radical (unpaired) electrons. The molecule has 0 saturated heterocycles. The van der Waals surface area contributed by atoms with Crippen molar-refractivity contribution in [2.45, 2.75) is 44.6 Å². The molecular weight excluding hydrogens is 214 g/mol. The first-order chi connectivity index (χ1) is 8.11. The highest BCUT2D eigenvalue weighted by molar-refractivity contribution is 5.80. The smallest absolute Gasteiger partial charge is 0.328 e. The van der Waals surface area contributed by atoms with E-state index < -0.39 is 11.5 Å². The molecule has 0 amide bonds. The second-order valence-electron chi connectivity index (χ2n) is 4.45. The summed E-state index contributed by atoms with van der Waals surface area (Å²) in [5, 5.41) is 9.32. The van der Waals surface area contributed by atoms with Crippen LogP contribution in [0.25, 0.3) is 0 Å². The zero-order valence-electron chi connectivity index (χ0n) is 10.4. The Balaban J connectivity index is 2.73. The van der Waals surface area contributed by atoms with Gasteiger partial charge in [0.2, 0.25) is 0 Å². The van der Waals surface area contributed by atoms with E-state index in [9.17, 15) is 9.90 Å². The maximum atomic E-state index is 11.4. The van der Waals surface area contributed by atoms with Gasteiger partial charge in [-0.25, -0.2) is 4.79 Å². The zero-order chi connectivity index (χ0) is 12.7. The average molecular weight is 235 g/mol. The van der Waals surface area contributed by atoms with Crippen LogP contribution in [0.2, 0.25) is 0 Å². The van der Waals surface area contributed by atoms with E-state index in [1.165, 1.54) is 0 Å². The zero-order valence-corrected chi connectivity index (χ0v) is 10.4. The highest BCUT2D eigenvalue weighted by Crippen LogP contribution is 2.25. The van der Waals surface area contributed by atoms with Crippen LogP contribution in [0, 0.1) is 0 Å². The van der Waals surface area contributed by atoms with E-state index in [4.69, 9.17) is 5.73 Å². The summed E-state index contributed by atoms with van der Waals surface area (Å²) in [6.07, 6.45) is 4.65. The van der Waals surface area contributed by atoms with E-state index in [1.54, 1.807) is 12.1 Å². The number of carbonyl (C=O) groups is 1. The van der Waals surface area contributed by atoms with E-state index in [1.807, 2.05) is 18.2 Å². The number of unbranched alkanes of at least 4 members (excludes halogenated alkanes) is 3. The standard InChI is InChI=1S/C14H21NO2/c1-2-3-4-8-11-14(15,13(16)17)12-9-6-5-7-10-12/h5-7,9-10H,2-4,8,11,15H2,1H3,(H,16,17). The van der Waals surface area contributed by atoms with E-state index in [0.717, 1.165) is 25.7 Å². The minimum Gasteiger partial charge on any atom is -0.480 e. The molecule has 0 bridgehead atoms. The first kappa shape index (κ1) is 13.7. The van der Waals surface area contributed by atoms with Crippen molar-refractivity contribution >= 4 is 5.97 Å². The van der Waals surface area contributed by atoms with Crippen LogP contribution < -0.4 is 5.73 Å². The third kappa shape index (κ3) is 3.56. The van der Waals surface area contributed by atoms with Crippen LogP contribution in [0.1, 0.15) is 44.6 Å². The molecule has 94 valence electrons. The molecule has 1 atom stereocenters. The van der Waals surface area contributed by atoms with E-state index in [0.29, 0.717) is 12.0 Å². The monoisotopic (exact) mass is 235 g/mol. The van der Waals surface area contributed by atoms with Crippen LogP contribution in [0.5, 0.6) is 0 Å². The summed E-state index contributed by atoms with van der Waals surface area (Å²) >= 11 is 0. The van der Waals surface area contributed by atoms with Gasteiger partial charge in [0.1, 0.15) is 5.54 Å². The average Bonchev–Trinajstić information content (AvgIpc) is 2.35. The number of nitrogens with two attached hydrogens (primary N) is 1. The fraction of sp³-hybridized carbons (Fsp3) is 0.500. The first-order valence-electron chi connectivity index (χ1n) is 6.19. The lowest BCUT2D eigenvalue weighted by Crippen LogP contribution is -2.44. The number of hydrogen-bond donors (Lipinski definition) is 2. The van der Waals surface area contributed by atoms with Crippen LogP contribution in [0.15, 0.2) is 30.3 Å². The van der Waals surface area contributed by atoms with Gasteiger partial charge in [-0.05, 0) is 12.0 Å². The number of hydrogen-bond acceptors (Lipinski definition) is 2. The molecule has 3 heteroatoms. The van der Waals surface area contributed by atoms with Crippen molar-refractivity contribution in [3.05, 3.63) is 35.9 Å². The van der Waals surface area contributed by atoms with Crippen molar-refractivity contribution < 1.29 is 9.90 Å². The number of benzene rings is 1. The first-order valence-corrected chi connectivity index (χ1v) is 6.19.